The molecule has 4 rings (SSSR count). The number of carbonyl (C=O) groups is 1. The first kappa shape index (κ1) is 19.4. The van der Waals surface area contributed by atoms with Crippen LogP contribution < -0.4 is 15.9 Å². The van der Waals surface area contributed by atoms with Crippen molar-refractivity contribution in [2.45, 2.75) is 13.5 Å². The molecule has 0 spiro atoms. The summed E-state index contributed by atoms with van der Waals surface area (Å²) in [4.78, 5) is 44.9. The monoisotopic (exact) mass is 405 g/mol. The molecule has 0 atom stereocenters. The molecule has 2 aromatic heterocycles. The van der Waals surface area contributed by atoms with Crippen molar-refractivity contribution < 1.29 is 13.9 Å². The lowest BCUT2D eigenvalue weighted by Gasteiger charge is -2.20. The summed E-state index contributed by atoms with van der Waals surface area (Å²) in [6.45, 7) is 2.21. The summed E-state index contributed by atoms with van der Waals surface area (Å²) in [6, 6.07) is 15.1. The molecule has 0 radical (unpaired) electrons. The Bertz CT molecular complexity index is 1340. The summed E-state index contributed by atoms with van der Waals surface area (Å²) in [7, 11) is 0. The van der Waals surface area contributed by atoms with E-state index < -0.39 is 5.63 Å². The predicted molar refractivity (Wildman–Crippen MR) is 111 cm³/mol. The number of aromatic amines is 1. The Balaban J connectivity index is 1.47. The molecule has 0 fully saturated rings. The minimum Gasteiger partial charge on any atom is -0.484 e. The third-order valence-electron chi connectivity index (χ3n) is 4.69. The van der Waals surface area contributed by atoms with Gasteiger partial charge in [0, 0.05) is 24.1 Å². The van der Waals surface area contributed by atoms with Gasteiger partial charge < -0.3 is 19.0 Å². The number of H-pyrrole nitrogens is 1. The van der Waals surface area contributed by atoms with Crippen LogP contribution in [0.25, 0.3) is 21.9 Å². The molecule has 8 nitrogen and oxygen atoms in total. The fourth-order valence-electron chi connectivity index (χ4n) is 3.13. The van der Waals surface area contributed by atoms with Crippen LogP contribution in [-0.2, 0) is 11.3 Å². The molecule has 30 heavy (non-hydrogen) atoms. The van der Waals surface area contributed by atoms with Gasteiger partial charge in [0.1, 0.15) is 17.2 Å². The van der Waals surface area contributed by atoms with E-state index in [-0.39, 0.29) is 24.6 Å². The molecule has 0 saturated carbocycles. The van der Waals surface area contributed by atoms with Crippen molar-refractivity contribution in [3.8, 4) is 5.75 Å². The summed E-state index contributed by atoms with van der Waals surface area (Å²) in [5, 5.41) is 1.26. The van der Waals surface area contributed by atoms with E-state index in [1.165, 1.54) is 11.0 Å². The fraction of sp³-hybridized carbons (Fsp3) is 0.182. The molecule has 0 saturated heterocycles. The largest absolute Gasteiger partial charge is 0.484 e. The highest BCUT2D eigenvalue weighted by molar-refractivity contribution is 5.80. The topological polar surface area (TPSA) is 106 Å². The molecule has 0 aliphatic rings. The maximum Gasteiger partial charge on any atom is 0.336 e. The number of ether oxygens (including phenoxy) is 1. The lowest BCUT2D eigenvalue weighted by atomic mass is 10.2. The number of amides is 1. The number of fused-ring (bicyclic) bond motifs is 2. The SMILES string of the molecule is CCN(Cc1nc2ccccc2c(=O)[nH]1)C(=O)COc1ccc2ccc(=O)oc2c1. The van der Waals surface area contributed by atoms with Crippen LogP contribution >= 0.6 is 0 Å². The molecular formula is C22H19N3O5. The summed E-state index contributed by atoms with van der Waals surface area (Å²) < 4.78 is 10.7. The van der Waals surface area contributed by atoms with Crippen molar-refractivity contribution in [1.82, 2.24) is 14.9 Å². The molecule has 0 aliphatic heterocycles. The van der Waals surface area contributed by atoms with Gasteiger partial charge in [-0.05, 0) is 37.3 Å². The van der Waals surface area contributed by atoms with Gasteiger partial charge in [-0.25, -0.2) is 9.78 Å². The first-order chi connectivity index (χ1) is 14.5. The van der Waals surface area contributed by atoms with Crippen LogP contribution in [0.3, 0.4) is 0 Å². The standard InChI is InChI=1S/C22H19N3O5/c1-2-25(12-19-23-17-6-4-3-5-16(17)22(28)24-19)20(26)13-29-15-9-7-14-8-10-21(27)30-18(14)11-15/h3-11H,2,12-13H2,1H3,(H,23,24,28). The Morgan fingerprint density at radius 1 is 1.13 bits per heavy atom. The maximum atomic E-state index is 12.6. The average molecular weight is 405 g/mol. The molecule has 0 unspecified atom stereocenters. The zero-order chi connectivity index (χ0) is 21.1. The Kier molecular flexibility index (Phi) is 5.30. The minimum absolute atomic E-state index is 0.158. The number of hydrogen-bond donors (Lipinski definition) is 1. The highest BCUT2D eigenvalue weighted by atomic mass is 16.5. The molecule has 4 aromatic rings. The first-order valence-electron chi connectivity index (χ1n) is 9.46. The number of para-hydroxylation sites is 1. The molecule has 2 heterocycles. The van der Waals surface area contributed by atoms with E-state index >= 15 is 0 Å². The Labute approximate surface area is 170 Å². The molecular weight excluding hydrogens is 386 g/mol. The highest BCUT2D eigenvalue weighted by Crippen LogP contribution is 2.19. The van der Waals surface area contributed by atoms with Crippen LogP contribution in [0.4, 0.5) is 0 Å². The van der Waals surface area contributed by atoms with E-state index in [4.69, 9.17) is 9.15 Å². The smallest absolute Gasteiger partial charge is 0.336 e. The summed E-state index contributed by atoms with van der Waals surface area (Å²) in [6.07, 6.45) is 0. The minimum atomic E-state index is -0.454. The zero-order valence-corrected chi connectivity index (χ0v) is 16.3. The van der Waals surface area contributed by atoms with Gasteiger partial charge in [-0.15, -0.1) is 0 Å². The third kappa shape index (κ3) is 4.07. The lowest BCUT2D eigenvalue weighted by molar-refractivity contribution is -0.133. The van der Waals surface area contributed by atoms with Gasteiger partial charge in [0.05, 0.1) is 17.4 Å². The van der Waals surface area contributed by atoms with Crippen molar-refractivity contribution in [3.05, 3.63) is 81.2 Å². The molecule has 1 N–H and O–H groups in total. The van der Waals surface area contributed by atoms with Gasteiger partial charge in [0.2, 0.25) is 0 Å². The van der Waals surface area contributed by atoms with Gasteiger partial charge in [-0.3, -0.25) is 9.59 Å². The van der Waals surface area contributed by atoms with E-state index in [1.807, 2.05) is 6.92 Å². The number of nitrogens with one attached hydrogen (secondary N) is 1. The number of carbonyl (C=O) groups excluding carboxylic acids is 1. The molecule has 8 heteroatoms. The quantitative estimate of drug-likeness (QED) is 0.494. The third-order valence-corrected chi connectivity index (χ3v) is 4.69. The Morgan fingerprint density at radius 3 is 2.77 bits per heavy atom. The van der Waals surface area contributed by atoms with E-state index in [1.54, 1.807) is 48.5 Å². The van der Waals surface area contributed by atoms with Crippen molar-refractivity contribution in [2.24, 2.45) is 0 Å². The van der Waals surface area contributed by atoms with Crippen molar-refractivity contribution in [2.75, 3.05) is 13.2 Å². The predicted octanol–water partition coefficient (Wildman–Crippen LogP) is 2.46. The number of aromatic nitrogens is 2. The molecule has 0 bridgehead atoms. The number of likely N-dealkylation sites (N-methyl/N-ethyl adjacent to an activating group) is 1. The van der Waals surface area contributed by atoms with Crippen LogP contribution in [0.1, 0.15) is 12.7 Å². The zero-order valence-electron chi connectivity index (χ0n) is 16.3. The van der Waals surface area contributed by atoms with Gasteiger partial charge in [-0.2, -0.15) is 0 Å². The molecule has 0 aliphatic carbocycles. The van der Waals surface area contributed by atoms with Gasteiger partial charge in [0.15, 0.2) is 6.61 Å². The number of benzene rings is 2. The van der Waals surface area contributed by atoms with E-state index in [9.17, 15) is 14.4 Å². The van der Waals surface area contributed by atoms with Crippen LogP contribution in [0.2, 0.25) is 0 Å². The summed E-state index contributed by atoms with van der Waals surface area (Å²) in [5.74, 6) is 0.558. The number of hydrogen-bond acceptors (Lipinski definition) is 6. The fourth-order valence-corrected chi connectivity index (χ4v) is 3.13. The second-order valence-electron chi connectivity index (χ2n) is 6.68. The van der Waals surface area contributed by atoms with Gasteiger partial charge in [-0.1, -0.05) is 12.1 Å². The molecule has 2 aromatic carbocycles. The molecule has 152 valence electrons. The van der Waals surface area contributed by atoms with Gasteiger partial charge >= 0.3 is 5.63 Å². The number of rotatable bonds is 6. The van der Waals surface area contributed by atoms with Crippen LogP contribution in [-0.4, -0.2) is 33.9 Å². The maximum absolute atomic E-state index is 12.6. The second-order valence-corrected chi connectivity index (χ2v) is 6.68. The second kappa shape index (κ2) is 8.20. The number of nitrogens with zero attached hydrogens (tertiary/aromatic N) is 2. The van der Waals surface area contributed by atoms with E-state index in [2.05, 4.69) is 9.97 Å². The highest BCUT2D eigenvalue weighted by Gasteiger charge is 2.15. The van der Waals surface area contributed by atoms with E-state index in [0.717, 1.165) is 5.39 Å². The Morgan fingerprint density at radius 2 is 1.93 bits per heavy atom. The Hall–Kier alpha value is -3.94. The van der Waals surface area contributed by atoms with Crippen molar-refractivity contribution in [3.63, 3.8) is 0 Å². The van der Waals surface area contributed by atoms with Crippen molar-refractivity contribution in [1.29, 1.82) is 0 Å². The van der Waals surface area contributed by atoms with Crippen molar-refractivity contribution >= 4 is 27.8 Å². The summed E-state index contributed by atoms with van der Waals surface area (Å²) >= 11 is 0. The lowest BCUT2D eigenvalue weighted by Crippen LogP contribution is -2.35. The average Bonchev–Trinajstić information content (AvgIpc) is 2.75. The normalized spacial score (nSPS) is 11.0. The van der Waals surface area contributed by atoms with E-state index in [0.29, 0.717) is 34.6 Å². The van der Waals surface area contributed by atoms with Gasteiger partial charge in [0.25, 0.3) is 11.5 Å². The van der Waals surface area contributed by atoms with Crippen LogP contribution in [0.5, 0.6) is 5.75 Å². The molecule has 1 amide bonds. The summed E-state index contributed by atoms with van der Waals surface area (Å²) in [5.41, 5.74) is 0.268. The first-order valence-corrected chi connectivity index (χ1v) is 9.46. The van der Waals surface area contributed by atoms with Crippen LogP contribution in [0.15, 0.2) is 68.6 Å². The van der Waals surface area contributed by atoms with Crippen LogP contribution in [0, 0.1) is 0 Å².